The third kappa shape index (κ3) is 3.21. The smallest absolute Gasteiger partial charge is 0.203 e. The number of hydrogen-bond donors (Lipinski definition) is 0. The Balaban J connectivity index is 2.35. The Kier molecular flexibility index (Phi) is 4.12. The maximum atomic E-state index is 12.3. The third-order valence-electron chi connectivity index (χ3n) is 3.03. The average Bonchev–Trinajstić information content (AvgIpc) is 2.46. The summed E-state index contributed by atoms with van der Waals surface area (Å²) in [5.41, 5.74) is 3.70. The summed E-state index contributed by atoms with van der Waals surface area (Å²) in [6, 6.07) is 17.0. The monoisotopic (exact) mass is 261 g/mol. The van der Waals surface area contributed by atoms with Crippen LogP contribution in [0.2, 0.25) is 0 Å². The van der Waals surface area contributed by atoms with E-state index in [9.17, 15) is 10.1 Å². The molecular formula is C18H15NO. The summed E-state index contributed by atoms with van der Waals surface area (Å²) in [6.45, 7) is 3.92. The number of nitriles is 1. The highest BCUT2D eigenvalue weighted by molar-refractivity contribution is 6.14. The van der Waals surface area contributed by atoms with Crippen molar-refractivity contribution in [3.8, 4) is 6.07 Å². The number of allylic oxidation sites excluding steroid dienone is 1. The standard InChI is InChI=1S/C18H15NO/c1-13-6-8-15(9-7-13)11-17(12-19)18(20)16-5-3-4-14(2)10-16/h3-11H,1-2H3/b17-11+. The molecule has 0 saturated heterocycles. The van der Waals surface area contributed by atoms with Crippen molar-refractivity contribution in [3.05, 3.63) is 76.4 Å². The zero-order valence-electron chi connectivity index (χ0n) is 11.6. The molecule has 0 N–H and O–H groups in total. The van der Waals surface area contributed by atoms with E-state index in [2.05, 4.69) is 0 Å². The average molecular weight is 261 g/mol. The molecule has 0 aromatic heterocycles. The predicted octanol–water partition coefficient (Wildman–Crippen LogP) is 4.09. The van der Waals surface area contributed by atoms with Crippen LogP contribution in [0.15, 0.2) is 54.1 Å². The van der Waals surface area contributed by atoms with E-state index < -0.39 is 0 Å². The van der Waals surface area contributed by atoms with Crippen LogP contribution in [0.5, 0.6) is 0 Å². The normalized spacial score (nSPS) is 10.9. The molecule has 98 valence electrons. The van der Waals surface area contributed by atoms with Gasteiger partial charge in [-0.15, -0.1) is 0 Å². The van der Waals surface area contributed by atoms with Crippen molar-refractivity contribution in [1.82, 2.24) is 0 Å². The highest BCUT2D eigenvalue weighted by Crippen LogP contribution is 2.14. The molecule has 0 bridgehead atoms. The minimum Gasteiger partial charge on any atom is -0.288 e. The number of aryl methyl sites for hydroxylation is 2. The van der Waals surface area contributed by atoms with Crippen LogP contribution in [0.25, 0.3) is 6.08 Å². The quantitative estimate of drug-likeness (QED) is 0.474. The predicted molar refractivity (Wildman–Crippen MR) is 80.3 cm³/mol. The fourth-order valence-corrected chi connectivity index (χ4v) is 1.92. The zero-order valence-corrected chi connectivity index (χ0v) is 11.6. The van der Waals surface area contributed by atoms with Crippen LogP contribution in [0, 0.1) is 25.2 Å². The SMILES string of the molecule is Cc1ccc(/C=C(\C#N)C(=O)c2cccc(C)c2)cc1. The Labute approximate surface area is 119 Å². The Morgan fingerprint density at radius 2 is 1.75 bits per heavy atom. The van der Waals surface area contributed by atoms with Crippen molar-refractivity contribution in [2.75, 3.05) is 0 Å². The van der Waals surface area contributed by atoms with Crippen molar-refractivity contribution in [2.45, 2.75) is 13.8 Å². The Morgan fingerprint density at radius 3 is 2.35 bits per heavy atom. The van der Waals surface area contributed by atoms with Crippen molar-refractivity contribution in [3.63, 3.8) is 0 Å². The Hall–Kier alpha value is -2.66. The zero-order chi connectivity index (χ0) is 14.5. The van der Waals surface area contributed by atoms with Gasteiger partial charge in [-0.2, -0.15) is 5.26 Å². The van der Waals surface area contributed by atoms with Gasteiger partial charge in [-0.3, -0.25) is 4.79 Å². The number of hydrogen-bond acceptors (Lipinski definition) is 2. The summed E-state index contributed by atoms with van der Waals surface area (Å²) in [4.78, 5) is 12.3. The number of benzene rings is 2. The van der Waals surface area contributed by atoms with Gasteiger partial charge in [0.15, 0.2) is 0 Å². The summed E-state index contributed by atoms with van der Waals surface area (Å²) in [7, 11) is 0. The lowest BCUT2D eigenvalue weighted by Gasteiger charge is -2.01. The van der Waals surface area contributed by atoms with Gasteiger partial charge in [0.25, 0.3) is 0 Å². The third-order valence-corrected chi connectivity index (χ3v) is 3.03. The molecule has 0 heterocycles. The maximum Gasteiger partial charge on any atom is 0.203 e. The minimum absolute atomic E-state index is 0.152. The van der Waals surface area contributed by atoms with Gasteiger partial charge in [-0.05, 0) is 31.6 Å². The number of carbonyl (C=O) groups excluding carboxylic acids is 1. The summed E-state index contributed by atoms with van der Waals surface area (Å²) in [5, 5.41) is 9.20. The topological polar surface area (TPSA) is 40.9 Å². The molecule has 0 atom stereocenters. The van der Waals surface area contributed by atoms with Crippen molar-refractivity contribution < 1.29 is 4.79 Å². The minimum atomic E-state index is -0.239. The molecule has 2 rings (SSSR count). The second-order valence-electron chi connectivity index (χ2n) is 4.78. The lowest BCUT2D eigenvalue weighted by Crippen LogP contribution is -2.02. The molecule has 0 aliphatic rings. The van der Waals surface area contributed by atoms with E-state index in [4.69, 9.17) is 0 Å². The van der Waals surface area contributed by atoms with Crippen LogP contribution < -0.4 is 0 Å². The molecule has 2 aromatic carbocycles. The summed E-state index contributed by atoms with van der Waals surface area (Å²) >= 11 is 0. The fraction of sp³-hybridized carbons (Fsp3) is 0.111. The first-order valence-electron chi connectivity index (χ1n) is 6.40. The summed E-state index contributed by atoms with van der Waals surface area (Å²) in [5.74, 6) is -0.239. The lowest BCUT2D eigenvalue weighted by molar-refractivity contribution is 0.104. The highest BCUT2D eigenvalue weighted by Gasteiger charge is 2.11. The number of nitrogens with zero attached hydrogens (tertiary/aromatic N) is 1. The highest BCUT2D eigenvalue weighted by atomic mass is 16.1. The van der Waals surface area contributed by atoms with Gasteiger partial charge in [0.1, 0.15) is 11.6 Å². The molecular weight excluding hydrogens is 246 g/mol. The van der Waals surface area contributed by atoms with E-state index >= 15 is 0 Å². The van der Waals surface area contributed by atoms with Crippen molar-refractivity contribution >= 4 is 11.9 Å². The molecule has 0 aliphatic carbocycles. The molecule has 0 saturated carbocycles. The van der Waals surface area contributed by atoms with Gasteiger partial charge < -0.3 is 0 Å². The molecule has 0 unspecified atom stereocenters. The number of ketones is 1. The summed E-state index contributed by atoms with van der Waals surface area (Å²) < 4.78 is 0. The van der Waals surface area contributed by atoms with Crippen molar-refractivity contribution in [1.29, 1.82) is 5.26 Å². The Bertz CT molecular complexity index is 703. The van der Waals surface area contributed by atoms with Crippen LogP contribution in [0.3, 0.4) is 0 Å². The molecule has 20 heavy (non-hydrogen) atoms. The van der Waals surface area contributed by atoms with E-state index in [1.807, 2.05) is 56.3 Å². The van der Waals surface area contributed by atoms with Crippen LogP contribution in [0.1, 0.15) is 27.0 Å². The van der Waals surface area contributed by atoms with E-state index in [-0.39, 0.29) is 11.4 Å². The van der Waals surface area contributed by atoms with Crippen LogP contribution in [0.4, 0.5) is 0 Å². The molecule has 0 amide bonds. The van der Waals surface area contributed by atoms with Crippen molar-refractivity contribution in [2.24, 2.45) is 0 Å². The summed E-state index contributed by atoms with van der Waals surface area (Å²) in [6.07, 6.45) is 1.63. The van der Waals surface area contributed by atoms with E-state index in [0.29, 0.717) is 5.56 Å². The second kappa shape index (κ2) is 5.99. The van der Waals surface area contributed by atoms with Crippen LogP contribution in [-0.2, 0) is 0 Å². The van der Waals surface area contributed by atoms with Gasteiger partial charge in [0.2, 0.25) is 5.78 Å². The number of carbonyl (C=O) groups is 1. The Morgan fingerprint density at radius 1 is 1.05 bits per heavy atom. The first kappa shape index (κ1) is 13.8. The molecule has 0 aliphatic heterocycles. The van der Waals surface area contributed by atoms with Gasteiger partial charge >= 0.3 is 0 Å². The molecule has 2 aromatic rings. The van der Waals surface area contributed by atoms with Gasteiger partial charge in [0.05, 0.1) is 0 Å². The number of rotatable bonds is 3. The first-order valence-corrected chi connectivity index (χ1v) is 6.40. The fourth-order valence-electron chi connectivity index (χ4n) is 1.92. The van der Waals surface area contributed by atoms with Crippen LogP contribution >= 0.6 is 0 Å². The second-order valence-corrected chi connectivity index (χ2v) is 4.78. The first-order chi connectivity index (χ1) is 9.60. The molecule has 0 spiro atoms. The van der Waals surface area contributed by atoms with Crippen LogP contribution in [-0.4, -0.2) is 5.78 Å². The van der Waals surface area contributed by atoms with Gasteiger partial charge in [0, 0.05) is 5.56 Å². The molecule has 2 heteroatoms. The molecule has 0 fully saturated rings. The molecule has 0 radical (unpaired) electrons. The number of Topliss-reactive ketones (excluding diaryl/α,β-unsaturated/α-hetero) is 1. The largest absolute Gasteiger partial charge is 0.288 e. The lowest BCUT2D eigenvalue weighted by atomic mass is 10.0. The van der Waals surface area contributed by atoms with Gasteiger partial charge in [-0.25, -0.2) is 0 Å². The van der Waals surface area contributed by atoms with E-state index in [1.165, 1.54) is 0 Å². The maximum absolute atomic E-state index is 12.3. The molecule has 2 nitrogen and oxygen atoms in total. The van der Waals surface area contributed by atoms with E-state index in [1.54, 1.807) is 18.2 Å². The van der Waals surface area contributed by atoms with Gasteiger partial charge in [-0.1, -0.05) is 53.6 Å². The van der Waals surface area contributed by atoms with E-state index in [0.717, 1.165) is 16.7 Å².